The molecule has 0 atom stereocenters. The minimum atomic E-state index is -0.228. The summed E-state index contributed by atoms with van der Waals surface area (Å²) >= 11 is 7.01. The van der Waals surface area contributed by atoms with Crippen LogP contribution < -0.4 is 5.43 Å². The quantitative estimate of drug-likeness (QED) is 0.423. The van der Waals surface area contributed by atoms with Crippen molar-refractivity contribution in [1.29, 1.82) is 0 Å². The SMILES string of the molecule is Cc1c(Br)cc(/C=N/NC(=O)c2cccc3ccccc23)cc1Br. The van der Waals surface area contributed by atoms with Crippen molar-refractivity contribution >= 4 is 54.8 Å². The molecule has 0 aliphatic rings. The van der Waals surface area contributed by atoms with Gasteiger partial charge in [0.25, 0.3) is 5.91 Å². The first-order valence-electron chi connectivity index (χ1n) is 7.33. The predicted octanol–water partition coefficient (Wildman–Crippen LogP) is 5.44. The van der Waals surface area contributed by atoms with E-state index >= 15 is 0 Å². The smallest absolute Gasteiger partial charge is 0.267 e. The van der Waals surface area contributed by atoms with Crippen LogP contribution in [0.3, 0.4) is 0 Å². The maximum absolute atomic E-state index is 12.4. The van der Waals surface area contributed by atoms with Gasteiger partial charge in [-0.3, -0.25) is 4.79 Å². The molecule has 0 unspecified atom stereocenters. The molecule has 1 N–H and O–H groups in total. The molecular formula is C19H14Br2N2O. The normalized spacial score (nSPS) is 11.1. The van der Waals surface area contributed by atoms with E-state index < -0.39 is 0 Å². The van der Waals surface area contributed by atoms with Crippen molar-refractivity contribution in [3.05, 3.63) is 80.2 Å². The highest BCUT2D eigenvalue weighted by atomic mass is 79.9. The summed E-state index contributed by atoms with van der Waals surface area (Å²) in [6, 6.07) is 17.3. The summed E-state index contributed by atoms with van der Waals surface area (Å²) in [4.78, 5) is 12.4. The van der Waals surface area contributed by atoms with Crippen molar-refractivity contribution in [2.24, 2.45) is 5.10 Å². The summed E-state index contributed by atoms with van der Waals surface area (Å²) in [6.45, 7) is 2.01. The maximum atomic E-state index is 12.4. The Bertz CT molecular complexity index is 923. The number of carbonyl (C=O) groups is 1. The second-order valence-corrected chi connectivity index (χ2v) is 7.04. The van der Waals surface area contributed by atoms with Crippen molar-refractivity contribution in [2.75, 3.05) is 0 Å². The Balaban J connectivity index is 1.80. The van der Waals surface area contributed by atoms with Crippen LogP contribution in [0.15, 0.2) is 68.6 Å². The van der Waals surface area contributed by atoms with Crippen molar-refractivity contribution in [3.63, 3.8) is 0 Å². The van der Waals surface area contributed by atoms with Crippen LogP contribution in [-0.4, -0.2) is 12.1 Å². The van der Waals surface area contributed by atoms with E-state index in [0.29, 0.717) is 5.56 Å². The molecule has 0 fully saturated rings. The Morgan fingerprint density at radius 2 is 1.71 bits per heavy atom. The Kier molecular flexibility index (Phi) is 5.11. The average Bonchev–Trinajstić information content (AvgIpc) is 2.59. The molecule has 5 heteroatoms. The van der Waals surface area contributed by atoms with Crippen molar-refractivity contribution < 1.29 is 4.79 Å². The van der Waals surface area contributed by atoms with E-state index in [1.165, 1.54) is 0 Å². The fourth-order valence-corrected chi connectivity index (χ4v) is 3.61. The molecule has 120 valence electrons. The molecule has 24 heavy (non-hydrogen) atoms. The molecule has 0 saturated carbocycles. The highest BCUT2D eigenvalue weighted by Gasteiger charge is 2.08. The molecule has 0 aromatic heterocycles. The third kappa shape index (κ3) is 3.57. The predicted molar refractivity (Wildman–Crippen MR) is 106 cm³/mol. The molecule has 0 spiro atoms. The van der Waals surface area contributed by atoms with Gasteiger partial charge in [0.1, 0.15) is 0 Å². The Morgan fingerprint density at radius 3 is 2.46 bits per heavy atom. The van der Waals surface area contributed by atoms with Crippen LogP contribution in [-0.2, 0) is 0 Å². The molecule has 1 amide bonds. The summed E-state index contributed by atoms with van der Waals surface area (Å²) in [5, 5.41) is 6.01. The summed E-state index contributed by atoms with van der Waals surface area (Å²) in [7, 11) is 0. The van der Waals surface area contributed by atoms with Gasteiger partial charge in [-0.25, -0.2) is 5.43 Å². The Hall–Kier alpha value is -1.98. The van der Waals surface area contributed by atoms with Gasteiger partial charge in [-0.15, -0.1) is 0 Å². The maximum Gasteiger partial charge on any atom is 0.271 e. The topological polar surface area (TPSA) is 41.5 Å². The fourth-order valence-electron chi connectivity index (χ4n) is 2.39. The Morgan fingerprint density at radius 1 is 1.04 bits per heavy atom. The van der Waals surface area contributed by atoms with Gasteiger partial charge in [-0.05, 0) is 47.0 Å². The first-order chi connectivity index (χ1) is 11.6. The van der Waals surface area contributed by atoms with E-state index in [0.717, 1.165) is 30.8 Å². The van der Waals surface area contributed by atoms with E-state index in [4.69, 9.17) is 0 Å². The van der Waals surface area contributed by atoms with Crippen LogP contribution in [0.4, 0.5) is 0 Å². The number of nitrogens with zero attached hydrogens (tertiary/aromatic N) is 1. The molecule has 0 aliphatic carbocycles. The lowest BCUT2D eigenvalue weighted by molar-refractivity contribution is 0.0957. The van der Waals surface area contributed by atoms with Gasteiger partial charge >= 0.3 is 0 Å². The Labute approximate surface area is 157 Å². The number of carbonyl (C=O) groups excluding carboxylic acids is 1. The average molecular weight is 446 g/mol. The fraction of sp³-hybridized carbons (Fsp3) is 0.0526. The molecule has 3 rings (SSSR count). The monoisotopic (exact) mass is 444 g/mol. The lowest BCUT2D eigenvalue weighted by atomic mass is 10.0. The number of amides is 1. The van der Waals surface area contributed by atoms with Gasteiger partial charge in [-0.1, -0.05) is 68.3 Å². The van der Waals surface area contributed by atoms with Gasteiger partial charge in [0.15, 0.2) is 0 Å². The molecule has 3 aromatic carbocycles. The van der Waals surface area contributed by atoms with Gasteiger partial charge in [-0.2, -0.15) is 5.10 Å². The number of fused-ring (bicyclic) bond motifs is 1. The van der Waals surface area contributed by atoms with Gasteiger partial charge in [0.05, 0.1) is 6.21 Å². The second-order valence-electron chi connectivity index (χ2n) is 5.34. The van der Waals surface area contributed by atoms with E-state index in [9.17, 15) is 4.79 Å². The van der Waals surface area contributed by atoms with E-state index in [1.807, 2.05) is 55.5 Å². The summed E-state index contributed by atoms with van der Waals surface area (Å²) in [6.07, 6.45) is 1.62. The van der Waals surface area contributed by atoms with E-state index in [-0.39, 0.29) is 5.91 Å². The van der Waals surface area contributed by atoms with Gasteiger partial charge < -0.3 is 0 Å². The highest BCUT2D eigenvalue weighted by molar-refractivity contribution is 9.11. The second kappa shape index (κ2) is 7.28. The van der Waals surface area contributed by atoms with E-state index in [2.05, 4.69) is 42.4 Å². The molecule has 3 nitrogen and oxygen atoms in total. The first-order valence-corrected chi connectivity index (χ1v) is 8.91. The zero-order chi connectivity index (χ0) is 17.1. The van der Waals surface area contributed by atoms with Crippen LogP contribution in [0, 0.1) is 6.92 Å². The molecule has 3 aromatic rings. The third-order valence-corrected chi connectivity index (χ3v) is 5.36. The van der Waals surface area contributed by atoms with Gasteiger partial charge in [0.2, 0.25) is 0 Å². The van der Waals surface area contributed by atoms with Crippen LogP contribution in [0.5, 0.6) is 0 Å². The highest BCUT2D eigenvalue weighted by Crippen LogP contribution is 2.25. The van der Waals surface area contributed by atoms with Crippen LogP contribution >= 0.6 is 31.9 Å². The largest absolute Gasteiger partial charge is 0.271 e. The van der Waals surface area contributed by atoms with Gasteiger partial charge in [0, 0.05) is 14.5 Å². The number of benzene rings is 3. The minimum absolute atomic E-state index is 0.228. The zero-order valence-corrected chi connectivity index (χ0v) is 16.1. The lowest BCUT2D eigenvalue weighted by Gasteiger charge is -2.05. The third-order valence-electron chi connectivity index (χ3n) is 3.72. The molecule has 0 aliphatic heterocycles. The summed E-state index contributed by atoms with van der Waals surface area (Å²) in [5.74, 6) is -0.228. The van der Waals surface area contributed by atoms with Crippen molar-refractivity contribution in [3.8, 4) is 0 Å². The molecular weight excluding hydrogens is 432 g/mol. The lowest BCUT2D eigenvalue weighted by Crippen LogP contribution is -2.17. The van der Waals surface area contributed by atoms with E-state index in [1.54, 1.807) is 12.3 Å². The number of hydrogen-bond acceptors (Lipinski definition) is 2. The number of nitrogens with one attached hydrogen (secondary N) is 1. The van der Waals surface area contributed by atoms with Crippen molar-refractivity contribution in [2.45, 2.75) is 6.92 Å². The summed E-state index contributed by atoms with van der Waals surface area (Å²) in [5.41, 5.74) is 5.21. The number of halogens is 2. The number of rotatable bonds is 3. The summed E-state index contributed by atoms with van der Waals surface area (Å²) < 4.78 is 1.97. The minimum Gasteiger partial charge on any atom is -0.267 e. The van der Waals surface area contributed by atoms with Crippen LogP contribution in [0.25, 0.3) is 10.8 Å². The molecule has 0 heterocycles. The molecule has 0 saturated heterocycles. The molecule has 0 bridgehead atoms. The van der Waals surface area contributed by atoms with Crippen LogP contribution in [0.1, 0.15) is 21.5 Å². The number of hydrazone groups is 1. The number of hydrogen-bond donors (Lipinski definition) is 1. The molecule has 0 radical (unpaired) electrons. The van der Waals surface area contributed by atoms with Crippen LogP contribution in [0.2, 0.25) is 0 Å². The van der Waals surface area contributed by atoms with Crippen molar-refractivity contribution in [1.82, 2.24) is 5.43 Å². The standard InChI is InChI=1S/C19H14Br2N2O/c1-12-17(20)9-13(10-18(12)21)11-22-23-19(24)16-8-4-6-14-5-2-3-7-15(14)16/h2-11H,1H3,(H,23,24)/b22-11+. The first kappa shape index (κ1) is 16.9. The zero-order valence-electron chi connectivity index (χ0n) is 12.9.